The van der Waals surface area contributed by atoms with Crippen LogP contribution < -0.4 is 10.5 Å². The van der Waals surface area contributed by atoms with Crippen molar-refractivity contribution in [1.82, 2.24) is 0 Å². The van der Waals surface area contributed by atoms with Crippen molar-refractivity contribution in [3.63, 3.8) is 0 Å². The maximum Gasteiger partial charge on any atom is 0.121 e. The first-order chi connectivity index (χ1) is 8.16. The molecule has 2 nitrogen and oxygen atoms in total. The Balaban J connectivity index is 2.10. The van der Waals surface area contributed by atoms with Gasteiger partial charge in [-0.25, -0.2) is 0 Å². The van der Waals surface area contributed by atoms with E-state index in [0.29, 0.717) is 17.3 Å². The van der Waals surface area contributed by atoms with Crippen molar-refractivity contribution in [3.8, 4) is 5.75 Å². The maximum absolute atomic E-state index is 5.87. The average Bonchev–Trinajstić information content (AvgIpc) is 2.31. The van der Waals surface area contributed by atoms with Gasteiger partial charge in [0.05, 0.1) is 0 Å². The Kier molecular flexibility index (Phi) is 3.92. The van der Waals surface area contributed by atoms with Crippen molar-refractivity contribution in [2.24, 2.45) is 0 Å². The molecule has 0 saturated heterocycles. The van der Waals surface area contributed by atoms with Gasteiger partial charge < -0.3 is 10.5 Å². The van der Waals surface area contributed by atoms with E-state index in [4.69, 9.17) is 22.1 Å². The molecule has 2 rings (SSSR count). The summed E-state index contributed by atoms with van der Waals surface area (Å²) in [6.45, 7) is 0.450. The van der Waals surface area contributed by atoms with Crippen molar-refractivity contribution >= 4 is 33.2 Å². The van der Waals surface area contributed by atoms with Gasteiger partial charge in [0.1, 0.15) is 12.4 Å². The molecule has 0 aliphatic carbocycles. The van der Waals surface area contributed by atoms with E-state index in [-0.39, 0.29) is 0 Å². The minimum Gasteiger partial charge on any atom is -0.489 e. The summed E-state index contributed by atoms with van der Waals surface area (Å²) in [5, 5.41) is 0.661. The largest absolute Gasteiger partial charge is 0.489 e. The number of nitrogens with two attached hydrogens (primary N) is 1. The number of halogens is 2. The zero-order valence-electron chi connectivity index (χ0n) is 8.99. The van der Waals surface area contributed by atoms with E-state index in [9.17, 15) is 0 Å². The lowest BCUT2D eigenvalue weighted by Gasteiger charge is -2.09. The van der Waals surface area contributed by atoms with Crippen LogP contribution in [-0.4, -0.2) is 0 Å². The smallest absolute Gasteiger partial charge is 0.121 e. The van der Waals surface area contributed by atoms with Crippen LogP contribution in [0.25, 0.3) is 0 Å². The second-order valence-corrected chi connectivity index (χ2v) is 4.80. The summed E-state index contributed by atoms with van der Waals surface area (Å²) in [5.74, 6) is 0.742. The maximum atomic E-state index is 5.87. The number of benzene rings is 2. The molecule has 88 valence electrons. The van der Waals surface area contributed by atoms with Crippen LogP contribution in [0.3, 0.4) is 0 Å². The molecule has 17 heavy (non-hydrogen) atoms. The fourth-order valence-corrected chi connectivity index (χ4v) is 1.99. The molecule has 0 heterocycles. The summed E-state index contributed by atoms with van der Waals surface area (Å²) in [5.41, 5.74) is 7.50. The van der Waals surface area contributed by atoms with Crippen molar-refractivity contribution in [1.29, 1.82) is 0 Å². The number of nitrogen functional groups attached to an aromatic ring is 1. The van der Waals surface area contributed by atoms with Gasteiger partial charge in [0.2, 0.25) is 0 Å². The third-order valence-corrected chi connectivity index (χ3v) is 3.50. The molecule has 2 aromatic carbocycles. The van der Waals surface area contributed by atoms with Gasteiger partial charge in [-0.15, -0.1) is 0 Å². The molecule has 0 bridgehead atoms. The highest BCUT2D eigenvalue weighted by Gasteiger charge is 2.03. The molecule has 0 radical (unpaired) electrons. The fourth-order valence-electron chi connectivity index (χ4n) is 1.43. The standard InChI is InChI=1S/C13H11BrClNO/c14-13-9(3-1-6-12(13)16)8-17-11-5-2-4-10(15)7-11/h1-7H,8,16H2. The van der Waals surface area contributed by atoms with Crippen molar-refractivity contribution < 1.29 is 4.74 Å². The van der Waals surface area contributed by atoms with Gasteiger partial charge in [0.15, 0.2) is 0 Å². The number of rotatable bonds is 3. The summed E-state index contributed by atoms with van der Waals surface area (Å²) in [6.07, 6.45) is 0. The topological polar surface area (TPSA) is 35.2 Å². The summed E-state index contributed by atoms with van der Waals surface area (Å²) in [6, 6.07) is 13.0. The number of anilines is 1. The third kappa shape index (κ3) is 3.14. The Bertz CT molecular complexity index is 531. The van der Waals surface area contributed by atoms with Crippen LogP contribution in [0, 0.1) is 0 Å². The lowest BCUT2D eigenvalue weighted by atomic mass is 10.2. The lowest BCUT2D eigenvalue weighted by molar-refractivity contribution is 0.305. The SMILES string of the molecule is Nc1cccc(COc2cccc(Cl)c2)c1Br. The highest BCUT2D eigenvalue weighted by Crippen LogP contribution is 2.25. The van der Waals surface area contributed by atoms with E-state index in [0.717, 1.165) is 15.8 Å². The molecule has 0 atom stereocenters. The zero-order chi connectivity index (χ0) is 12.3. The van der Waals surface area contributed by atoms with Gasteiger partial charge >= 0.3 is 0 Å². The number of hydrogen-bond donors (Lipinski definition) is 1. The minimum absolute atomic E-state index is 0.450. The highest BCUT2D eigenvalue weighted by atomic mass is 79.9. The fraction of sp³-hybridized carbons (Fsp3) is 0.0769. The number of ether oxygens (including phenoxy) is 1. The molecule has 0 amide bonds. The Morgan fingerprint density at radius 1 is 1.18 bits per heavy atom. The summed E-state index contributed by atoms with van der Waals surface area (Å²) in [4.78, 5) is 0. The molecule has 0 unspecified atom stereocenters. The van der Waals surface area contributed by atoms with Crippen LogP contribution in [0.5, 0.6) is 5.75 Å². The molecule has 0 aliphatic rings. The van der Waals surface area contributed by atoms with Crippen LogP contribution in [0.2, 0.25) is 5.02 Å². The van der Waals surface area contributed by atoms with Crippen molar-refractivity contribution in [3.05, 3.63) is 57.5 Å². The first kappa shape index (κ1) is 12.3. The molecule has 0 aliphatic heterocycles. The summed E-state index contributed by atoms with van der Waals surface area (Å²) < 4.78 is 6.52. The van der Waals surface area contributed by atoms with E-state index < -0.39 is 0 Å². The minimum atomic E-state index is 0.450. The quantitative estimate of drug-likeness (QED) is 0.859. The van der Waals surface area contributed by atoms with Crippen LogP contribution >= 0.6 is 27.5 Å². The second-order valence-electron chi connectivity index (χ2n) is 3.57. The predicted molar refractivity (Wildman–Crippen MR) is 74.3 cm³/mol. The monoisotopic (exact) mass is 311 g/mol. The van der Waals surface area contributed by atoms with Crippen molar-refractivity contribution in [2.75, 3.05) is 5.73 Å². The van der Waals surface area contributed by atoms with E-state index in [2.05, 4.69) is 15.9 Å². The number of hydrogen-bond acceptors (Lipinski definition) is 2. The van der Waals surface area contributed by atoms with Crippen LogP contribution in [-0.2, 0) is 6.61 Å². The summed E-state index contributed by atoms with van der Waals surface area (Å²) in [7, 11) is 0. The second kappa shape index (κ2) is 5.43. The molecule has 4 heteroatoms. The van der Waals surface area contributed by atoms with Crippen LogP contribution in [0.4, 0.5) is 5.69 Å². The molecule has 2 N–H and O–H groups in total. The van der Waals surface area contributed by atoms with Gasteiger partial charge in [-0.3, -0.25) is 0 Å². The Labute approximate surface area is 113 Å². The Morgan fingerprint density at radius 3 is 2.71 bits per heavy atom. The van der Waals surface area contributed by atoms with Gasteiger partial charge in [-0.1, -0.05) is 29.8 Å². The van der Waals surface area contributed by atoms with Crippen LogP contribution in [0.1, 0.15) is 5.56 Å². The normalized spacial score (nSPS) is 10.2. The van der Waals surface area contributed by atoms with Gasteiger partial charge in [-0.2, -0.15) is 0 Å². The van der Waals surface area contributed by atoms with E-state index >= 15 is 0 Å². The molecule has 0 saturated carbocycles. The molecule has 0 aromatic heterocycles. The molecule has 2 aromatic rings. The Hall–Kier alpha value is -1.19. The van der Waals surface area contributed by atoms with Crippen LogP contribution in [0.15, 0.2) is 46.9 Å². The summed E-state index contributed by atoms with van der Waals surface area (Å²) >= 11 is 9.31. The van der Waals surface area contributed by atoms with Gasteiger partial charge in [-0.05, 0) is 40.2 Å². The first-order valence-electron chi connectivity index (χ1n) is 5.08. The van der Waals surface area contributed by atoms with Gasteiger partial charge in [0, 0.05) is 20.7 Å². The zero-order valence-corrected chi connectivity index (χ0v) is 11.3. The lowest BCUT2D eigenvalue weighted by Crippen LogP contribution is -1.98. The molecular weight excluding hydrogens is 302 g/mol. The Morgan fingerprint density at radius 2 is 1.94 bits per heavy atom. The van der Waals surface area contributed by atoms with E-state index in [1.165, 1.54) is 0 Å². The molecule has 0 fully saturated rings. The van der Waals surface area contributed by atoms with E-state index in [1.807, 2.05) is 36.4 Å². The molecular formula is C13H11BrClNO. The highest BCUT2D eigenvalue weighted by molar-refractivity contribution is 9.10. The van der Waals surface area contributed by atoms with Gasteiger partial charge in [0.25, 0.3) is 0 Å². The van der Waals surface area contributed by atoms with Crippen molar-refractivity contribution in [2.45, 2.75) is 6.61 Å². The third-order valence-electron chi connectivity index (χ3n) is 2.30. The average molecular weight is 313 g/mol. The predicted octanol–water partition coefficient (Wildman–Crippen LogP) is 4.26. The first-order valence-corrected chi connectivity index (χ1v) is 6.25. The van der Waals surface area contributed by atoms with E-state index in [1.54, 1.807) is 6.07 Å². The molecule has 0 spiro atoms.